The molecule has 0 bridgehead atoms. The largest absolute Gasteiger partial charge is 0.328 e. The number of nitriles is 1. The van der Waals surface area contributed by atoms with Crippen LogP contribution in [0.5, 0.6) is 0 Å². The number of thiophene rings is 1. The van der Waals surface area contributed by atoms with Gasteiger partial charge in [-0.05, 0) is 47.0 Å². The van der Waals surface area contributed by atoms with Crippen LogP contribution in [0, 0.1) is 11.3 Å². The number of hydrogen-bond donors (Lipinski definition) is 2. The summed E-state index contributed by atoms with van der Waals surface area (Å²) in [6.07, 6.45) is 1.50. The monoisotopic (exact) mass is 418 g/mol. The van der Waals surface area contributed by atoms with Gasteiger partial charge in [-0.2, -0.15) is 5.26 Å². The maximum atomic E-state index is 12.5. The maximum Gasteiger partial charge on any atom is 0.279 e. The standard InChI is InChI=1S/C25H27N3OS/c1-3-18(2)20-8-10-21(11-9-20)25(23-5-4-16-30-23)27-17-24(29)28-22-12-6-19(7-13-22)14-15-26/h4-13,16,18,25,27H,3,14,17H2,1-2H3,(H,28,29)/p+1/t18-,25+/m1/s1. The number of carbonyl (C=O) groups excluding carboxylic acids is 1. The minimum atomic E-state index is -0.0409. The molecule has 0 saturated carbocycles. The molecule has 2 aromatic carbocycles. The number of amides is 1. The first-order chi connectivity index (χ1) is 14.6. The minimum Gasteiger partial charge on any atom is -0.328 e. The third kappa shape index (κ3) is 5.79. The van der Waals surface area contributed by atoms with Crippen molar-refractivity contribution in [1.82, 2.24) is 0 Å². The first kappa shape index (κ1) is 21.8. The van der Waals surface area contributed by atoms with E-state index in [2.05, 4.69) is 72.3 Å². The van der Waals surface area contributed by atoms with E-state index in [1.165, 1.54) is 16.0 Å². The van der Waals surface area contributed by atoms with Crippen molar-refractivity contribution in [2.45, 2.75) is 38.6 Å². The van der Waals surface area contributed by atoms with Crippen LogP contribution >= 0.6 is 11.3 Å². The van der Waals surface area contributed by atoms with Gasteiger partial charge in [-0.25, -0.2) is 0 Å². The van der Waals surface area contributed by atoms with Crippen molar-refractivity contribution in [3.8, 4) is 6.07 Å². The lowest BCUT2D eigenvalue weighted by atomic mass is 9.95. The number of rotatable bonds is 9. The van der Waals surface area contributed by atoms with Crippen LogP contribution in [0.3, 0.4) is 0 Å². The molecule has 5 heteroatoms. The molecule has 4 nitrogen and oxygen atoms in total. The molecule has 3 N–H and O–H groups in total. The Morgan fingerprint density at radius 3 is 2.40 bits per heavy atom. The van der Waals surface area contributed by atoms with E-state index in [9.17, 15) is 4.79 Å². The Balaban J connectivity index is 1.66. The average Bonchev–Trinajstić information content (AvgIpc) is 3.30. The van der Waals surface area contributed by atoms with Crippen molar-refractivity contribution in [2.24, 2.45) is 0 Å². The van der Waals surface area contributed by atoms with E-state index in [1.807, 2.05) is 24.3 Å². The third-order valence-electron chi connectivity index (χ3n) is 5.39. The Labute approximate surface area is 182 Å². The van der Waals surface area contributed by atoms with Crippen molar-refractivity contribution in [1.29, 1.82) is 5.26 Å². The van der Waals surface area contributed by atoms with Crippen LogP contribution in [0.15, 0.2) is 66.0 Å². The predicted molar refractivity (Wildman–Crippen MR) is 122 cm³/mol. The highest BCUT2D eigenvalue weighted by molar-refractivity contribution is 7.10. The lowest BCUT2D eigenvalue weighted by molar-refractivity contribution is -0.675. The summed E-state index contributed by atoms with van der Waals surface area (Å²) in [6.45, 7) is 4.78. The summed E-state index contributed by atoms with van der Waals surface area (Å²) in [5, 5.41) is 15.9. The molecule has 0 aliphatic rings. The van der Waals surface area contributed by atoms with Gasteiger partial charge in [0.15, 0.2) is 6.54 Å². The van der Waals surface area contributed by atoms with Crippen LogP contribution in [0.4, 0.5) is 5.69 Å². The Hall–Kier alpha value is -2.94. The molecule has 0 fully saturated rings. The first-order valence-corrected chi connectivity index (χ1v) is 11.2. The Bertz CT molecular complexity index is 973. The summed E-state index contributed by atoms with van der Waals surface area (Å²) < 4.78 is 0. The number of carbonyl (C=O) groups is 1. The zero-order valence-corrected chi connectivity index (χ0v) is 18.3. The van der Waals surface area contributed by atoms with Crippen LogP contribution in [0.2, 0.25) is 0 Å². The fourth-order valence-corrected chi connectivity index (χ4v) is 4.24. The molecular weight excluding hydrogens is 390 g/mol. The molecule has 0 saturated heterocycles. The van der Waals surface area contributed by atoms with Crippen molar-refractivity contribution in [3.63, 3.8) is 0 Å². The number of benzene rings is 2. The smallest absolute Gasteiger partial charge is 0.279 e. The first-order valence-electron chi connectivity index (χ1n) is 10.3. The van der Waals surface area contributed by atoms with Crippen LogP contribution in [-0.2, 0) is 11.2 Å². The quantitative estimate of drug-likeness (QED) is 0.532. The molecule has 0 unspecified atom stereocenters. The van der Waals surface area contributed by atoms with Crippen LogP contribution < -0.4 is 10.6 Å². The highest BCUT2D eigenvalue weighted by atomic mass is 32.1. The average molecular weight is 419 g/mol. The minimum absolute atomic E-state index is 0.0409. The number of nitrogens with zero attached hydrogens (tertiary/aromatic N) is 1. The van der Waals surface area contributed by atoms with Crippen molar-refractivity contribution in [2.75, 3.05) is 11.9 Å². The van der Waals surface area contributed by atoms with Gasteiger partial charge >= 0.3 is 0 Å². The molecule has 2 atom stereocenters. The lowest BCUT2D eigenvalue weighted by Gasteiger charge is -2.16. The van der Waals surface area contributed by atoms with Gasteiger partial charge < -0.3 is 10.6 Å². The molecule has 0 spiro atoms. The fraction of sp³-hybridized carbons (Fsp3) is 0.280. The summed E-state index contributed by atoms with van der Waals surface area (Å²) in [5.41, 5.74) is 4.25. The highest BCUT2D eigenvalue weighted by Crippen LogP contribution is 2.25. The van der Waals surface area contributed by atoms with Gasteiger partial charge in [-0.15, -0.1) is 11.3 Å². The van der Waals surface area contributed by atoms with E-state index in [4.69, 9.17) is 5.26 Å². The van der Waals surface area contributed by atoms with Crippen molar-refractivity contribution < 1.29 is 10.1 Å². The topological polar surface area (TPSA) is 69.5 Å². The summed E-state index contributed by atoms with van der Waals surface area (Å²) in [5.74, 6) is 0.509. The van der Waals surface area contributed by atoms with E-state index < -0.39 is 0 Å². The Morgan fingerprint density at radius 2 is 1.80 bits per heavy atom. The van der Waals surface area contributed by atoms with Gasteiger partial charge in [0.05, 0.1) is 17.4 Å². The van der Waals surface area contributed by atoms with Gasteiger partial charge in [-0.1, -0.05) is 56.3 Å². The second kappa shape index (κ2) is 10.7. The van der Waals surface area contributed by atoms with E-state index in [0.717, 1.165) is 17.7 Å². The molecule has 0 aliphatic heterocycles. The second-order valence-electron chi connectivity index (χ2n) is 7.49. The molecule has 1 amide bonds. The van der Waals surface area contributed by atoms with E-state index in [1.54, 1.807) is 11.3 Å². The second-order valence-corrected chi connectivity index (χ2v) is 8.47. The molecule has 3 rings (SSSR count). The maximum absolute atomic E-state index is 12.5. The number of hydrogen-bond acceptors (Lipinski definition) is 3. The van der Waals surface area contributed by atoms with Gasteiger partial charge in [-0.3, -0.25) is 4.79 Å². The molecule has 1 aromatic heterocycles. The van der Waals surface area contributed by atoms with Gasteiger partial charge in [0.1, 0.15) is 6.04 Å². The molecule has 0 aliphatic carbocycles. The van der Waals surface area contributed by atoms with Crippen LogP contribution in [0.1, 0.15) is 53.8 Å². The normalized spacial score (nSPS) is 12.7. The molecule has 3 aromatic rings. The molecular formula is C25H28N3OS+. The number of nitrogens with one attached hydrogen (secondary N) is 1. The summed E-state index contributed by atoms with van der Waals surface area (Å²) in [6, 6.07) is 22.6. The van der Waals surface area contributed by atoms with E-state index >= 15 is 0 Å². The highest BCUT2D eigenvalue weighted by Gasteiger charge is 2.20. The zero-order valence-electron chi connectivity index (χ0n) is 17.5. The molecule has 0 radical (unpaired) electrons. The SMILES string of the molecule is CC[C@@H](C)c1ccc([C@H]([NH2+]CC(=O)Nc2ccc(CC#N)cc2)c2cccs2)cc1. The van der Waals surface area contributed by atoms with Gasteiger partial charge in [0.25, 0.3) is 5.91 Å². The van der Waals surface area contributed by atoms with Gasteiger partial charge in [0.2, 0.25) is 0 Å². The third-order valence-corrected chi connectivity index (χ3v) is 6.34. The van der Waals surface area contributed by atoms with Crippen molar-refractivity contribution >= 4 is 22.9 Å². The van der Waals surface area contributed by atoms with E-state index in [0.29, 0.717) is 18.9 Å². The Kier molecular flexibility index (Phi) is 7.78. The lowest BCUT2D eigenvalue weighted by Crippen LogP contribution is -2.87. The molecule has 1 heterocycles. The number of quaternary nitrogens is 1. The Morgan fingerprint density at radius 1 is 1.10 bits per heavy atom. The van der Waals surface area contributed by atoms with E-state index in [-0.39, 0.29) is 11.9 Å². The van der Waals surface area contributed by atoms with Crippen LogP contribution in [-0.4, -0.2) is 12.5 Å². The molecule has 154 valence electrons. The van der Waals surface area contributed by atoms with Crippen LogP contribution in [0.25, 0.3) is 0 Å². The summed E-state index contributed by atoms with van der Waals surface area (Å²) >= 11 is 1.71. The summed E-state index contributed by atoms with van der Waals surface area (Å²) in [7, 11) is 0. The zero-order chi connectivity index (χ0) is 21.3. The predicted octanol–water partition coefficient (Wildman–Crippen LogP) is 4.62. The van der Waals surface area contributed by atoms with Crippen molar-refractivity contribution in [3.05, 3.63) is 87.6 Å². The number of nitrogens with two attached hydrogens (primary N) is 1. The fourth-order valence-electron chi connectivity index (χ4n) is 3.39. The molecule has 30 heavy (non-hydrogen) atoms. The number of anilines is 1. The summed E-state index contributed by atoms with van der Waals surface area (Å²) in [4.78, 5) is 13.8. The van der Waals surface area contributed by atoms with Gasteiger partial charge in [0, 0.05) is 11.3 Å².